The van der Waals surface area contributed by atoms with Crippen LogP contribution >= 0.6 is 0 Å². The summed E-state index contributed by atoms with van der Waals surface area (Å²) in [6.07, 6.45) is 4.94. The van der Waals surface area contributed by atoms with E-state index in [2.05, 4.69) is 5.32 Å². The third kappa shape index (κ3) is 6.32. The molecule has 0 radical (unpaired) electrons. The fourth-order valence-electron chi connectivity index (χ4n) is 6.89. The number of hydrogen-bond acceptors (Lipinski definition) is 10. The number of fused-ring (bicyclic) bond motifs is 5. The summed E-state index contributed by atoms with van der Waals surface area (Å²) in [6, 6.07) is 12.8. The van der Waals surface area contributed by atoms with E-state index in [1.54, 1.807) is 35.8 Å². The average Bonchev–Trinajstić information content (AvgIpc) is 3.48. The fraction of sp³-hybridized carbons (Fsp3) is 0.342. The number of hydrogen-bond donors (Lipinski definition) is 4. The van der Waals surface area contributed by atoms with Crippen molar-refractivity contribution in [3.05, 3.63) is 92.3 Å². The number of aromatic nitrogens is 2. The molecule has 1 aliphatic carbocycles. The Morgan fingerprint density at radius 1 is 1.10 bits per heavy atom. The minimum atomic E-state index is -1.69. The number of anilines is 1. The number of nitrogens with one attached hydrogen (secondary N) is 1. The molecule has 0 spiro atoms. The van der Waals surface area contributed by atoms with Crippen molar-refractivity contribution in [2.24, 2.45) is 0 Å². The van der Waals surface area contributed by atoms with Gasteiger partial charge in [-0.2, -0.15) is 0 Å². The first-order chi connectivity index (χ1) is 23.6. The van der Waals surface area contributed by atoms with E-state index < -0.39 is 18.2 Å². The minimum absolute atomic E-state index is 0.127. The van der Waals surface area contributed by atoms with Crippen molar-refractivity contribution >= 4 is 40.2 Å². The quantitative estimate of drug-likeness (QED) is 0.0506. The molecule has 6 rings (SSSR count). The van der Waals surface area contributed by atoms with Crippen LogP contribution in [0.4, 0.5) is 5.69 Å². The van der Waals surface area contributed by atoms with Crippen LogP contribution in [-0.2, 0) is 45.9 Å². The standard InChI is InChI=1S/C38H40N4O7/c1-3-25-27-20-42-30(18-28-26(37(42)47)13-16-32(45)38(28,48)4-2)36(27)41-29-14-15-31(35(39)34(25)29)49-33(46)6-5-17-40-19-23-9-7-22(8-10-23)11-12-24(44)21-43/h7-12,14-15,18,40,43,48H,3-6,13,16-17,19-21,39H2,1-2H3/b12-11+/t38-/m0/s1. The number of aryl methyl sites for hydroxylation is 1. The number of nitrogens with two attached hydrogens (primary N) is 1. The normalized spacial score (nSPS) is 16.5. The predicted molar refractivity (Wildman–Crippen MR) is 186 cm³/mol. The van der Waals surface area contributed by atoms with Gasteiger partial charge in [0, 0.05) is 41.5 Å². The second kappa shape index (κ2) is 13.9. The van der Waals surface area contributed by atoms with E-state index in [0.29, 0.717) is 78.0 Å². The molecule has 0 saturated heterocycles. The summed E-state index contributed by atoms with van der Waals surface area (Å²) in [5.74, 6) is -0.776. The van der Waals surface area contributed by atoms with E-state index >= 15 is 0 Å². The second-order valence-corrected chi connectivity index (χ2v) is 12.5. The summed E-state index contributed by atoms with van der Waals surface area (Å²) in [7, 11) is 0. The Morgan fingerprint density at radius 3 is 2.59 bits per heavy atom. The Hall–Kier alpha value is -4.97. The van der Waals surface area contributed by atoms with Crippen LogP contribution in [0.5, 0.6) is 5.75 Å². The molecular formula is C38H40N4O7. The van der Waals surface area contributed by atoms with Crippen LogP contribution in [0.2, 0.25) is 0 Å². The van der Waals surface area contributed by atoms with Crippen molar-refractivity contribution in [3.63, 3.8) is 0 Å². The second-order valence-electron chi connectivity index (χ2n) is 12.5. The predicted octanol–water partition coefficient (Wildman–Crippen LogP) is 3.73. The number of rotatable bonds is 12. The zero-order valence-electron chi connectivity index (χ0n) is 27.7. The number of ketones is 2. The van der Waals surface area contributed by atoms with E-state index in [9.17, 15) is 24.3 Å². The molecule has 0 bridgehead atoms. The molecule has 2 aliphatic rings. The Labute approximate surface area is 283 Å². The number of aliphatic hydroxyl groups excluding tert-OH is 1. The van der Waals surface area contributed by atoms with Crippen molar-refractivity contribution in [2.75, 3.05) is 18.9 Å². The summed E-state index contributed by atoms with van der Waals surface area (Å²) in [4.78, 5) is 55.4. The van der Waals surface area contributed by atoms with Gasteiger partial charge in [-0.3, -0.25) is 19.2 Å². The summed E-state index contributed by atoms with van der Waals surface area (Å²) in [5.41, 5.74) is 11.4. The molecule has 2 aromatic carbocycles. The van der Waals surface area contributed by atoms with Crippen LogP contribution in [0.15, 0.2) is 53.3 Å². The lowest BCUT2D eigenvalue weighted by Crippen LogP contribution is -2.43. The molecule has 1 aliphatic heterocycles. The largest absolute Gasteiger partial charge is 0.424 e. The van der Waals surface area contributed by atoms with Crippen molar-refractivity contribution < 1.29 is 29.3 Å². The highest BCUT2D eigenvalue weighted by Gasteiger charge is 2.43. The number of aliphatic hydroxyl groups is 2. The van der Waals surface area contributed by atoms with E-state index in [4.69, 9.17) is 20.6 Å². The van der Waals surface area contributed by atoms with Crippen LogP contribution in [0, 0.1) is 0 Å². The maximum atomic E-state index is 13.7. The Kier molecular flexibility index (Phi) is 9.60. The lowest BCUT2D eigenvalue weighted by atomic mass is 9.77. The molecule has 3 heterocycles. The number of Topliss-reactive ketones (excluding diaryl/α,β-unsaturated/α-hetero) is 1. The molecule has 11 nitrogen and oxygen atoms in total. The Morgan fingerprint density at radius 2 is 1.88 bits per heavy atom. The van der Waals surface area contributed by atoms with Crippen LogP contribution in [0.1, 0.15) is 72.9 Å². The van der Waals surface area contributed by atoms with Crippen LogP contribution in [0.3, 0.4) is 0 Å². The average molecular weight is 665 g/mol. The SMILES string of the molecule is CCc1c2c(nc3ccc(OC(=O)CCCNCc4ccc(/C=C/C(=O)CO)cc4)c(N)c13)-c1cc3c(c(=O)n1C2)CCC(=O)[C@]3(O)CC. The van der Waals surface area contributed by atoms with Crippen LogP contribution < -0.4 is 21.3 Å². The number of benzene rings is 2. The first-order valence-electron chi connectivity index (χ1n) is 16.7. The number of ether oxygens (including phenoxy) is 1. The van der Waals surface area contributed by atoms with Crippen molar-refractivity contribution in [2.45, 2.75) is 71.1 Å². The van der Waals surface area contributed by atoms with Crippen molar-refractivity contribution in [1.82, 2.24) is 14.9 Å². The molecule has 0 saturated carbocycles. The van der Waals surface area contributed by atoms with Gasteiger partial charge in [0.1, 0.15) is 12.2 Å². The van der Waals surface area contributed by atoms with Crippen LogP contribution in [0.25, 0.3) is 28.4 Å². The molecular weight excluding hydrogens is 624 g/mol. The molecule has 4 aromatic rings. The van der Waals surface area contributed by atoms with Gasteiger partial charge in [-0.15, -0.1) is 0 Å². The molecule has 0 fully saturated rings. The highest BCUT2D eigenvalue weighted by molar-refractivity contribution is 6.00. The first-order valence-corrected chi connectivity index (χ1v) is 16.7. The zero-order valence-corrected chi connectivity index (χ0v) is 27.7. The van der Waals surface area contributed by atoms with Gasteiger partial charge in [0.15, 0.2) is 17.3 Å². The highest BCUT2D eigenvalue weighted by Crippen LogP contribution is 2.43. The number of nitrogen functional groups attached to an aromatic ring is 1. The third-order valence-corrected chi connectivity index (χ3v) is 9.59. The lowest BCUT2D eigenvalue weighted by Gasteiger charge is -2.32. The van der Waals surface area contributed by atoms with E-state index in [1.807, 2.05) is 31.2 Å². The van der Waals surface area contributed by atoms with Crippen LogP contribution in [-0.4, -0.2) is 50.5 Å². The van der Waals surface area contributed by atoms with Gasteiger partial charge in [-0.25, -0.2) is 4.98 Å². The Bertz CT molecular complexity index is 2070. The molecule has 1 atom stereocenters. The third-order valence-electron chi connectivity index (χ3n) is 9.59. The first kappa shape index (κ1) is 33.9. The van der Waals surface area contributed by atoms with Gasteiger partial charge < -0.3 is 30.6 Å². The zero-order chi connectivity index (χ0) is 34.9. The number of carbonyl (C=O) groups excluding carboxylic acids is 3. The molecule has 254 valence electrons. The number of nitrogens with zero attached hydrogens (tertiary/aromatic N) is 2. The van der Waals surface area contributed by atoms with E-state index in [0.717, 1.165) is 22.3 Å². The monoisotopic (exact) mass is 664 g/mol. The van der Waals surface area contributed by atoms with Crippen molar-refractivity contribution in [1.29, 1.82) is 0 Å². The van der Waals surface area contributed by atoms with Gasteiger partial charge in [0.25, 0.3) is 5.56 Å². The molecule has 5 N–H and O–H groups in total. The van der Waals surface area contributed by atoms with Gasteiger partial charge in [-0.1, -0.05) is 44.2 Å². The summed E-state index contributed by atoms with van der Waals surface area (Å²) >= 11 is 0. The van der Waals surface area contributed by atoms with Gasteiger partial charge in [0.2, 0.25) is 0 Å². The summed E-state index contributed by atoms with van der Waals surface area (Å²) < 4.78 is 7.38. The number of esters is 1. The van der Waals surface area contributed by atoms with E-state index in [-0.39, 0.29) is 42.1 Å². The van der Waals surface area contributed by atoms with Crippen molar-refractivity contribution in [3.8, 4) is 17.1 Å². The van der Waals surface area contributed by atoms with Gasteiger partial charge in [-0.05, 0) is 73.2 Å². The molecule has 0 amide bonds. The lowest BCUT2D eigenvalue weighted by molar-refractivity contribution is -0.140. The maximum Gasteiger partial charge on any atom is 0.311 e. The Balaban J connectivity index is 1.14. The van der Waals surface area contributed by atoms with Gasteiger partial charge >= 0.3 is 5.97 Å². The minimum Gasteiger partial charge on any atom is -0.424 e. The summed E-state index contributed by atoms with van der Waals surface area (Å²) in [6.45, 7) is 4.73. The summed E-state index contributed by atoms with van der Waals surface area (Å²) in [5, 5.41) is 24.1. The fourth-order valence-corrected chi connectivity index (χ4v) is 6.89. The maximum absolute atomic E-state index is 13.7. The smallest absolute Gasteiger partial charge is 0.311 e. The number of carbonyl (C=O) groups is 3. The topological polar surface area (TPSA) is 174 Å². The molecule has 49 heavy (non-hydrogen) atoms. The molecule has 2 aromatic heterocycles. The molecule has 11 heteroatoms. The van der Waals surface area contributed by atoms with E-state index in [1.165, 1.54) is 6.08 Å². The highest BCUT2D eigenvalue weighted by atomic mass is 16.5. The van der Waals surface area contributed by atoms with Gasteiger partial charge in [0.05, 0.1) is 29.1 Å². The number of pyridine rings is 2. The molecule has 0 unspecified atom stereocenters.